The monoisotopic (exact) mass is 348 g/mol. The van der Waals surface area contributed by atoms with E-state index in [2.05, 4.69) is 14.8 Å². The smallest absolute Gasteiger partial charge is 0.227 e. The molecule has 0 unspecified atom stereocenters. The predicted molar refractivity (Wildman–Crippen MR) is 94.0 cm³/mol. The molecule has 0 radical (unpaired) electrons. The number of rotatable bonds is 2. The van der Waals surface area contributed by atoms with E-state index in [1.54, 1.807) is 23.9 Å². The van der Waals surface area contributed by atoms with Crippen LogP contribution in [0.2, 0.25) is 5.15 Å². The minimum absolute atomic E-state index is 0.298. The molecule has 2 aliphatic heterocycles. The number of benzene rings is 1. The summed E-state index contributed by atoms with van der Waals surface area (Å²) in [6.07, 6.45) is 0.975. The van der Waals surface area contributed by atoms with Gasteiger partial charge in [-0.1, -0.05) is 11.6 Å². The SMILES string of the molecule is Oc1ccc(N2CCN(c3nc(Cl)c4c(n3)CCS4)CC2)cc1. The van der Waals surface area contributed by atoms with Crippen LogP contribution in [0.15, 0.2) is 29.2 Å². The van der Waals surface area contributed by atoms with Crippen LogP contribution >= 0.6 is 23.4 Å². The van der Waals surface area contributed by atoms with Gasteiger partial charge in [0.25, 0.3) is 0 Å². The Morgan fingerprint density at radius 2 is 1.70 bits per heavy atom. The molecule has 0 amide bonds. The fraction of sp³-hybridized carbons (Fsp3) is 0.375. The summed E-state index contributed by atoms with van der Waals surface area (Å²) in [5.41, 5.74) is 2.22. The van der Waals surface area contributed by atoms with Gasteiger partial charge in [-0.15, -0.1) is 11.8 Å². The maximum absolute atomic E-state index is 9.39. The zero-order valence-electron chi connectivity index (χ0n) is 12.6. The van der Waals surface area contributed by atoms with Crippen molar-refractivity contribution >= 4 is 35.0 Å². The van der Waals surface area contributed by atoms with Gasteiger partial charge in [-0.05, 0) is 24.3 Å². The van der Waals surface area contributed by atoms with E-state index in [1.807, 2.05) is 12.1 Å². The molecule has 1 aromatic carbocycles. The van der Waals surface area contributed by atoms with Crippen molar-refractivity contribution in [1.82, 2.24) is 9.97 Å². The van der Waals surface area contributed by atoms with Crippen molar-refractivity contribution in [2.75, 3.05) is 41.7 Å². The highest BCUT2D eigenvalue weighted by atomic mass is 35.5. The highest BCUT2D eigenvalue weighted by Crippen LogP contribution is 2.36. The van der Waals surface area contributed by atoms with Crippen LogP contribution in [-0.4, -0.2) is 47.0 Å². The predicted octanol–water partition coefficient (Wildman–Crippen LogP) is 2.81. The zero-order chi connectivity index (χ0) is 15.8. The van der Waals surface area contributed by atoms with Gasteiger partial charge in [0.15, 0.2) is 0 Å². The Labute approximate surface area is 144 Å². The Kier molecular flexibility index (Phi) is 3.95. The third kappa shape index (κ3) is 2.93. The highest BCUT2D eigenvalue weighted by molar-refractivity contribution is 7.99. The number of aromatic nitrogens is 2. The first-order valence-electron chi connectivity index (χ1n) is 7.69. The van der Waals surface area contributed by atoms with E-state index < -0.39 is 0 Å². The molecular formula is C16H17ClN4OS. The normalized spacial score (nSPS) is 17.4. The number of piperazine rings is 1. The van der Waals surface area contributed by atoms with Crippen molar-refractivity contribution in [2.45, 2.75) is 11.3 Å². The number of phenols is 1. The molecule has 0 bridgehead atoms. The van der Waals surface area contributed by atoms with E-state index in [0.717, 1.165) is 60.6 Å². The summed E-state index contributed by atoms with van der Waals surface area (Å²) in [4.78, 5) is 14.8. The van der Waals surface area contributed by atoms with Gasteiger partial charge < -0.3 is 14.9 Å². The summed E-state index contributed by atoms with van der Waals surface area (Å²) >= 11 is 8.05. The van der Waals surface area contributed by atoms with Crippen LogP contribution in [0.4, 0.5) is 11.6 Å². The van der Waals surface area contributed by atoms with Gasteiger partial charge in [0.1, 0.15) is 10.9 Å². The number of nitrogens with zero attached hydrogens (tertiary/aromatic N) is 4. The quantitative estimate of drug-likeness (QED) is 0.842. The fourth-order valence-corrected chi connectivity index (χ4v) is 4.31. The molecule has 23 heavy (non-hydrogen) atoms. The van der Waals surface area contributed by atoms with Crippen LogP contribution < -0.4 is 9.80 Å². The van der Waals surface area contributed by atoms with Crippen molar-refractivity contribution in [2.24, 2.45) is 0 Å². The standard InChI is InChI=1S/C16H17ClN4OS/c17-15-14-13(5-10-23-14)18-16(19-15)21-8-6-20(7-9-21)11-1-3-12(22)4-2-11/h1-4,22H,5-10H2. The van der Waals surface area contributed by atoms with Crippen LogP contribution in [-0.2, 0) is 6.42 Å². The second-order valence-corrected chi connectivity index (χ2v) is 7.14. The molecule has 0 saturated carbocycles. The van der Waals surface area contributed by atoms with Crippen molar-refractivity contribution in [3.8, 4) is 5.75 Å². The second kappa shape index (κ2) is 6.09. The molecule has 3 heterocycles. The van der Waals surface area contributed by atoms with E-state index in [4.69, 9.17) is 16.6 Å². The number of fused-ring (bicyclic) bond motifs is 1. The minimum atomic E-state index is 0.298. The Hall–Kier alpha value is -1.66. The maximum Gasteiger partial charge on any atom is 0.227 e. The van der Waals surface area contributed by atoms with Gasteiger partial charge in [0, 0.05) is 44.0 Å². The van der Waals surface area contributed by atoms with Gasteiger partial charge in [-0.3, -0.25) is 0 Å². The van der Waals surface area contributed by atoms with Crippen molar-refractivity contribution in [3.63, 3.8) is 0 Å². The van der Waals surface area contributed by atoms with Gasteiger partial charge in [0.2, 0.25) is 5.95 Å². The fourth-order valence-electron chi connectivity index (χ4n) is 2.99. The van der Waals surface area contributed by atoms with E-state index in [1.165, 1.54) is 0 Å². The first-order valence-corrected chi connectivity index (χ1v) is 9.05. The van der Waals surface area contributed by atoms with E-state index in [9.17, 15) is 5.11 Å². The molecule has 1 aromatic heterocycles. The van der Waals surface area contributed by atoms with E-state index >= 15 is 0 Å². The minimum Gasteiger partial charge on any atom is -0.508 e. The molecule has 4 rings (SSSR count). The number of aryl methyl sites for hydroxylation is 1. The number of aromatic hydroxyl groups is 1. The highest BCUT2D eigenvalue weighted by Gasteiger charge is 2.24. The van der Waals surface area contributed by atoms with Gasteiger partial charge in [-0.25, -0.2) is 4.98 Å². The van der Waals surface area contributed by atoms with Crippen LogP contribution in [0, 0.1) is 0 Å². The third-order valence-electron chi connectivity index (χ3n) is 4.25. The van der Waals surface area contributed by atoms with Crippen molar-refractivity contribution in [3.05, 3.63) is 35.1 Å². The molecule has 7 heteroatoms. The second-order valence-electron chi connectivity index (χ2n) is 5.68. The summed E-state index contributed by atoms with van der Waals surface area (Å²) in [6, 6.07) is 7.35. The molecule has 2 aliphatic rings. The third-order valence-corrected chi connectivity index (χ3v) is 5.76. The Morgan fingerprint density at radius 1 is 1.00 bits per heavy atom. The summed E-state index contributed by atoms with van der Waals surface area (Å²) in [7, 11) is 0. The topological polar surface area (TPSA) is 52.5 Å². The molecule has 2 aromatic rings. The van der Waals surface area contributed by atoms with Crippen molar-refractivity contribution in [1.29, 1.82) is 0 Å². The first-order chi connectivity index (χ1) is 11.2. The summed E-state index contributed by atoms with van der Waals surface area (Å²) in [6.45, 7) is 3.53. The van der Waals surface area contributed by atoms with Crippen LogP contribution in [0.5, 0.6) is 5.75 Å². The van der Waals surface area contributed by atoms with Crippen molar-refractivity contribution < 1.29 is 5.11 Å². The number of halogens is 1. The Morgan fingerprint density at radius 3 is 2.43 bits per heavy atom. The molecule has 5 nitrogen and oxygen atoms in total. The first kappa shape index (κ1) is 14.9. The van der Waals surface area contributed by atoms with E-state index in [0.29, 0.717) is 10.9 Å². The summed E-state index contributed by atoms with van der Waals surface area (Å²) in [5, 5.41) is 9.98. The number of phenolic OH excluding ortho intramolecular Hbond substituents is 1. The zero-order valence-corrected chi connectivity index (χ0v) is 14.1. The largest absolute Gasteiger partial charge is 0.508 e. The van der Waals surface area contributed by atoms with Gasteiger partial charge in [0.05, 0.1) is 10.6 Å². The lowest BCUT2D eigenvalue weighted by atomic mass is 10.2. The summed E-state index contributed by atoms with van der Waals surface area (Å²) < 4.78 is 0. The molecule has 0 aliphatic carbocycles. The van der Waals surface area contributed by atoms with Gasteiger partial charge >= 0.3 is 0 Å². The molecule has 0 spiro atoms. The Balaban J connectivity index is 1.47. The number of hydrogen-bond donors (Lipinski definition) is 1. The maximum atomic E-state index is 9.39. The van der Waals surface area contributed by atoms with E-state index in [-0.39, 0.29) is 0 Å². The number of thioether (sulfide) groups is 1. The van der Waals surface area contributed by atoms with Crippen LogP contribution in [0.1, 0.15) is 5.69 Å². The lowest BCUT2D eigenvalue weighted by molar-refractivity contribution is 0.475. The lowest BCUT2D eigenvalue weighted by Crippen LogP contribution is -2.47. The summed E-state index contributed by atoms with van der Waals surface area (Å²) in [5.74, 6) is 2.09. The average molecular weight is 349 g/mol. The number of anilines is 2. The molecule has 1 fully saturated rings. The Bertz CT molecular complexity index is 717. The lowest BCUT2D eigenvalue weighted by Gasteiger charge is -2.36. The van der Waals surface area contributed by atoms with Crippen LogP contribution in [0.3, 0.4) is 0 Å². The van der Waals surface area contributed by atoms with Gasteiger partial charge in [-0.2, -0.15) is 4.98 Å². The number of hydrogen-bond acceptors (Lipinski definition) is 6. The molecular weight excluding hydrogens is 332 g/mol. The molecule has 120 valence electrons. The average Bonchev–Trinajstić information content (AvgIpc) is 3.05. The molecule has 1 N–H and O–H groups in total. The molecule has 1 saturated heterocycles. The molecule has 0 atom stereocenters. The van der Waals surface area contributed by atoms with Crippen LogP contribution in [0.25, 0.3) is 0 Å².